The molecule has 1 N–H and O–H groups in total. The summed E-state index contributed by atoms with van der Waals surface area (Å²) in [4.78, 5) is 14.5. The summed E-state index contributed by atoms with van der Waals surface area (Å²) in [6.07, 6.45) is 38.7. The second-order valence-electron chi connectivity index (χ2n) is 13.9. The van der Waals surface area contributed by atoms with Gasteiger partial charge in [-0.1, -0.05) is 181 Å². The molecule has 1 unspecified atom stereocenters. The second-order valence-corrected chi connectivity index (χ2v) is 13.9. The van der Waals surface area contributed by atoms with Crippen LogP contribution in [0.5, 0.6) is 0 Å². The summed E-state index contributed by atoms with van der Waals surface area (Å²) in [5.74, 6) is 0.848. The summed E-state index contributed by atoms with van der Waals surface area (Å²) < 4.78 is 5.43. The quantitative estimate of drug-likeness (QED) is 0.0552. The van der Waals surface area contributed by atoms with Gasteiger partial charge in [-0.2, -0.15) is 0 Å². The van der Waals surface area contributed by atoms with Crippen LogP contribution >= 0.6 is 0 Å². The van der Waals surface area contributed by atoms with Gasteiger partial charge in [-0.25, -0.2) is 0 Å². The lowest BCUT2D eigenvalue weighted by Crippen LogP contribution is -2.30. The maximum atomic E-state index is 12.0. The van der Waals surface area contributed by atoms with Crippen molar-refractivity contribution in [3.05, 3.63) is 0 Å². The molecule has 0 spiro atoms. The van der Waals surface area contributed by atoms with Gasteiger partial charge < -0.3 is 14.7 Å². The van der Waals surface area contributed by atoms with E-state index in [1.165, 1.54) is 167 Å². The molecule has 264 valence electrons. The molecule has 0 aliphatic carbocycles. The maximum absolute atomic E-state index is 12.0. The van der Waals surface area contributed by atoms with Crippen LogP contribution in [0.2, 0.25) is 0 Å². The molecule has 0 aromatic rings. The van der Waals surface area contributed by atoms with E-state index in [0.717, 1.165) is 44.8 Å². The van der Waals surface area contributed by atoms with Crippen molar-refractivity contribution < 1.29 is 14.6 Å². The Morgan fingerprint density at radius 1 is 0.500 bits per heavy atom. The number of rotatable bonds is 37. The van der Waals surface area contributed by atoms with Crippen molar-refractivity contribution in [3.8, 4) is 0 Å². The number of aliphatic hydroxyl groups excluding tert-OH is 1. The van der Waals surface area contributed by atoms with Gasteiger partial charge in [0.05, 0.1) is 13.2 Å². The highest BCUT2D eigenvalue weighted by Gasteiger charge is 2.12. The van der Waals surface area contributed by atoms with Crippen LogP contribution in [0.1, 0.15) is 213 Å². The molecule has 4 heteroatoms. The second kappa shape index (κ2) is 36.9. The lowest BCUT2D eigenvalue weighted by Gasteiger charge is -2.25. The number of aliphatic hydroxyl groups is 1. The SMILES string of the molecule is CCCCCCCCCCC(CCCCCCCC)CCN(CCO)CCCCCCCC(=O)OCCCCCCCCC. The summed E-state index contributed by atoms with van der Waals surface area (Å²) in [6.45, 7) is 10.8. The fourth-order valence-electron chi connectivity index (χ4n) is 6.51. The van der Waals surface area contributed by atoms with Crippen LogP contribution < -0.4 is 0 Å². The summed E-state index contributed by atoms with van der Waals surface area (Å²) in [7, 11) is 0. The zero-order chi connectivity index (χ0) is 32.2. The summed E-state index contributed by atoms with van der Waals surface area (Å²) in [5.41, 5.74) is 0. The maximum Gasteiger partial charge on any atom is 0.305 e. The van der Waals surface area contributed by atoms with Crippen molar-refractivity contribution in [2.24, 2.45) is 5.92 Å². The third-order valence-corrected chi connectivity index (χ3v) is 9.57. The Hall–Kier alpha value is -0.610. The molecule has 0 rings (SSSR count). The lowest BCUT2D eigenvalue weighted by molar-refractivity contribution is -0.143. The van der Waals surface area contributed by atoms with Crippen molar-refractivity contribution in [1.82, 2.24) is 4.90 Å². The third kappa shape index (κ3) is 32.8. The van der Waals surface area contributed by atoms with Crippen molar-refractivity contribution in [2.75, 3.05) is 32.8 Å². The molecule has 0 aliphatic heterocycles. The molecule has 0 fully saturated rings. The minimum absolute atomic E-state index is 0.00686. The smallest absolute Gasteiger partial charge is 0.305 e. The van der Waals surface area contributed by atoms with Crippen LogP contribution in [0.15, 0.2) is 0 Å². The molecule has 44 heavy (non-hydrogen) atoms. The molecule has 1 atom stereocenters. The highest BCUT2D eigenvalue weighted by molar-refractivity contribution is 5.69. The average Bonchev–Trinajstić information content (AvgIpc) is 3.02. The number of nitrogens with zero attached hydrogens (tertiary/aromatic N) is 1. The van der Waals surface area contributed by atoms with Crippen LogP contribution in [-0.2, 0) is 9.53 Å². The zero-order valence-corrected chi connectivity index (χ0v) is 30.5. The molecule has 0 bridgehead atoms. The lowest BCUT2D eigenvalue weighted by atomic mass is 9.91. The summed E-state index contributed by atoms with van der Waals surface area (Å²) >= 11 is 0. The van der Waals surface area contributed by atoms with E-state index in [0.29, 0.717) is 13.0 Å². The molecular weight excluding hydrogens is 542 g/mol. The van der Waals surface area contributed by atoms with Gasteiger partial charge in [0, 0.05) is 13.0 Å². The van der Waals surface area contributed by atoms with Crippen LogP contribution in [-0.4, -0.2) is 48.8 Å². The number of ether oxygens (including phenoxy) is 1. The first-order valence-corrected chi connectivity index (χ1v) is 20.2. The fourth-order valence-corrected chi connectivity index (χ4v) is 6.51. The number of esters is 1. The van der Waals surface area contributed by atoms with Gasteiger partial charge in [0.2, 0.25) is 0 Å². The molecule has 0 radical (unpaired) electrons. The number of hydrogen-bond acceptors (Lipinski definition) is 4. The molecule has 0 aromatic heterocycles. The Labute approximate surface area is 277 Å². The van der Waals surface area contributed by atoms with Crippen LogP contribution in [0, 0.1) is 5.92 Å². The molecule has 0 aliphatic rings. The molecule has 0 heterocycles. The molecule has 0 aromatic carbocycles. The van der Waals surface area contributed by atoms with Crippen LogP contribution in [0.3, 0.4) is 0 Å². The monoisotopic (exact) mass is 624 g/mol. The Morgan fingerprint density at radius 3 is 1.43 bits per heavy atom. The van der Waals surface area contributed by atoms with E-state index in [9.17, 15) is 9.90 Å². The van der Waals surface area contributed by atoms with Crippen molar-refractivity contribution in [3.63, 3.8) is 0 Å². The first kappa shape index (κ1) is 43.4. The van der Waals surface area contributed by atoms with Crippen molar-refractivity contribution in [1.29, 1.82) is 0 Å². The predicted molar refractivity (Wildman–Crippen MR) is 194 cm³/mol. The number of unbranched alkanes of at least 4 members (excludes halogenated alkanes) is 22. The predicted octanol–water partition coefficient (Wildman–Crippen LogP) is 12.2. The van der Waals surface area contributed by atoms with Gasteiger partial charge in [-0.15, -0.1) is 0 Å². The molecular formula is C40H81NO3. The number of hydrogen-bond donors (Lipinski definition) is 1. The fraction of sp³-hybridized carbons (Fsp3) is 0.975. The normalized spacial score (nSPS) is 12.3. The minimum atomic E-state index is -0.00686. The molecule has 4 nitrogen and oxygen atoms in total. The zero-order valence-electron chi connectivity index (χ0n) is 30.5. The van der Waals surface area contributed by atoms with Gasteiger partial charge >= 0.3 is 5.97 Å². The highest BCUT2D eigenvalue weighted by atomic mass is 16.5. The Kier molecular flexibility index (Phi) is 36.3. The minimum Gasteiger partial charge on any atom is -0.466 e. The van der Waals surface area contributed by atoms with Crippen molar-refractivity contribution >= 4 is 5.97 Å². The van der Waals surface area contributed by atoms with E-state index < -0.39 is 0 Å². The van der Waals surface area contributed by atoms with E-state index in [1.807, 2.05) is 0 Å². The van der Waals surface area contributed by atoms with Gasteiger partial charge in [-0.05, 0) is 44.7 Å². The molecule has 0 amide bonds. The van der Waals surface area contributed by atoms with Crippen LogP contribution in [0.4, 0.5) is 0 Å². The van der Waals surface area contributed by atoms with E-state index in [4.69, 9.17) is 4.74 Å². The Balaban J connectivity index is 4.11. The van der Waals surface area contributed by atoms with E-state index in [1.54, 1.807) is 0 Å². The Bertz CT molecular complexity index is 555. The number of carbonyl (C=O) groups is 1. The van der Waals surface area contributed by atoms with Gasteiger partial charge in [0.15, 0.2) is 0 Å². The van der Waals surface area contributed by atoms with E-state index in [2.05, 4.69) is 25.7 Å². The van der Waals surface area contributed by atoms with Crippen LogP contribution in [0.25, 0.3) is 0 Å². The highest BCUT2D eigenvalue weighted by Crippen LogP contribution is 2.23. The first-order chi connectivity index (χ1) is 21.7. The van der Waals surface area contributed by atoms with Crippen molar-refractivity contribution in [2.45, 2.75) is 213 Å². The third-order valence-electron chi connectivity index (χ3n) is 9.57. The topological polar surface area (TPSA) is 49.8 Å². The first-order valence-electron chi connectivity index (χ1n) is 20.2. The van der Waals surface area contributed by atoms with E-state index >= 15 is 0 Å². The standard InChI is InChI=1S/C40H81NO3/c1-4-7-10-13-16-17-21-26-31-39(30-25-20-15-12-9-6-3)33-35-41(36-37-42)34-28-23-19-22-27-32-40(43)44-38-29-24-18-14-11-8-5-2/h39,42H,4-38H2,1-3H3. The average molecular weight is 624 g/mol. The summed E-state index contributed by atoms with van der Waals surface area (Å²) in [5, 5.41) is 9.70. The van der Waals surface area contributed by atoms with E-state index in [-0.39, 0.29) is 12.6 Å². The largest absolute Gasteiger partial charge is 0.466 e. The number of carbonyl (C=O) groups excluding carboxylic acids is 1. The van der Waals surface area contributed by atoms with Gasteiger partial charge in [0.25, 0.3) is 0 Å². The van der Waals surface area contributed by atoms with Gasteiger partial charge in [-0.3, -0.25) is 4.79 Å². The summed E-state index contributed by atoms with van der Waals surface area (Å²) in [6, 6.07) is 0. The Morgan fingerprint density at radius 2 is 0.932 bits per heavy atom. The molecule has 0 saturated carbocycles. The van der Waals surface area contributed by atoms with Gasteiger partial charge in [0.1, 0.15) is 0 Å². The molecule has 0 saturated heterocycles.